The lowest BCUT2D eigenvalue weighted by atomic mass is 9.55. The minimum atomic E-state index is 0.170. The van der Waals surface area contributed by atoms with E-state index in [0.29, 0.717) is 18.1 Å². The average Bonchev–Trinajstić information content (AvgIpc) is 3.07. The molecule has 1 saturated carbocycles. The van der Waals surface area contributed by atoms with Crippen LogP contribution in [0.3, 0.4) is 0 Å². The van der Waals surface area contributed by atoms with Gasteiger partial charge in [-0.3, -0.25) is 4.99 Å². The zero-order valence-electron chi connectivity index (χ0n) is 16.6. The molecule has 3 aliphatic rings. The first-order valence-electron chi connectivity index (χ1n) is 9.82. The van der Waals surface area contributed by atoms with E-state index in [1.165, 1.54) is 30.8 Å². The predicted octanol–water partition coefficient (Wildman–Crippen LogP) is 2.18. The molecule has 0 aromatic rings. The maximum Gasteiger partial charge on any atom is 0.191 e. The Balaban J connectivity index is 1.68. The summed E-state index contributed by atoms with van der Waals surface area (Å²) in [6.45, 7) is 9.48. The van der Waals surface area contributed by atoms with E-state index in [1.54, 1.807) is 0 Å². The molecule has 0 spiro atoms. The molecule has 2 aliphatic heterocycles. The van der Waals surface area contributed by atoms with E-state index in [0.717, 1.165) is 25.7 Å². The number of nitrogens with one attached hydrogen (secondary N) is 2. The highest BCUT2D eigenvalue weighted by molar-refractivity contribution is 7.99. The lowest BCUT2D eigenvalue weighted by Gasteiger charge is -2.60. The molecule has 3 fully saturated rings. The smallest absolute Gasteiger partial charge is 0.191 e. The van der Waals surface area contributed by atoms with Gasteiger partial charge in [0.2, 0.25) is 0 Å². The molecule has 144 valence electrons. The summed E-state index contributed by atoms with van der Waals surface area (Å²) in [7, 11) is 4.39. The number of guanidine groups is 1. The SMILES string of the molecule is CCNC(=NCC1(N(C)C)CCSC1)NC1C2CCCOC2C1(C)C. The molecule has 4 unspecified atom stereocenters. The van der Waals surface area contributed by atoms with Crippen molar-refractivity contribution < 1.29 is 4.74 Å². The first kappa shape index (κ1) is 19.3. The van der Waals surface area contributed by atoms with Gasteiger partial charge in [-0.1, -0.05) is 13.8 Å². The van der Waals surface area contributed by atoms with E-state index in [4.69, 9.17) is 9.73 Å². The number of hydrogen-bond donors (Lipinski definition) is 2. The highest BCUT2D eigenvalue weighted by atomic mass is 32.2. The number of hydrogen-bond acceptors (Lipinski definition) is 4. The summed E-state index contributed by atoms with van der Waals surface area (Å²) in [4.78, 5) is 7.39. The van der Waals surface area contributed by atoms with Crippen LogP contribution in [0.25, 0.3) is 0 Å². The number of fused-ring (bicyclic) bond motifs is 1. The fraction of sp³-hybridized carbons (Fsp3) is 0.947. The van der Waals surface area contributed by atoms with Crippen molar-refractivity contribution in [3.8, 4) is 0 Å². The lowest BCUT2D eigenvalue weighted by Crippen LogP contribution is -2.71. The van der Waals surface area contributed by atoms with Crippen molar-refractivity contribution in [2.24, 2.45) is 16.3 Å². The molecule has 0 bridgehead atoms. The van der Waals surface area contributed by atoms with Gasteiger partial charge in [0, 0.05) is 41.8 Å². The standard InChI is InChI=1S/C19H36N4OS/c1-6-20-17(21-12-19(23(4)5)9-11-25-13-19)22-15-14-8-7-10-24-16(14)18(15,2)3/h14-16H,6-13H2,1-5H3,(H2,20,21,22). The van der Waals surface area contributed by atoms with Crippen LogP contribution in [0.15, 0.2) is 4.99 Å². The first-order chi connectivity index (χ1) is 11.9. The van der Waals surface area contributed by atoms with E-state index < -0.39 is 0 Å². The van der Waals surface area contributed by atoms with Crippen LogP contribution < -0.4 is 10.6 Å². The lowest BCUT2D eigenvalue weighted by molar-refractivity contribution is -0.188. The van der Waals surface area contributed by atoms with Gasteiger partial charge in [0.05, 0.1) is 12.6 Å². The molecule has 1 aliphatic carbocycles. The van der Waals surface area contributed by atoms with Crippen LogP contribution in [0.5, 0.6) is 0 Å². The molecule has 5 nitrogen and oxygen atoms in total. The second kappa shape index (κ2) is 7.65. The quantitative estimate of drug-likeness (QED) is 0.575. The number of thioether (sulfide) groups is 1. The minimum absolute atomic E-state index is 0.170. The van der Waals surface area contributed by atoms with Gasteiger partial charge in [-0.25, -0.2) is 0 Å². The third-order valence-corrected chi connectivity index (χ3v) is 7.76. The molecule has 3 rings (SSSR count). The van der Waals surface area contributed by atoms with Crippen LogP contribution >= 0.6 is 11.8 Å². The highest BCUT2D eigenvalue weighted by Crippen LogP contribution is 2.51. The molecule has 0 aromatic carbocycles. The van der Waals surface area contributed by atoms with Gasteiger partial charge in [0.1, 0.15) is 0 Å². The second-order valence-electron chi connectivity index (χ2n) is 8.66. The van der Waals surface area contributed by atoms with E-state index in [1.807, 2.05) is 0 Å². The van der Waals surface area contributed by atoms with Crippen LogP contribution in [-0.4, -0.2) is 73.8 Å². The van der Waals surface area contributed by atoms with Crippen molar-refractivity contribution in [2.75, 3.05) is 45.3 Å². The van der Waals surface area contributed by atoms with E-state index in [2.05, 4.69) is 62.2 Å². The van der Waals surface area contributed by atoms with Crippen molar-refractivity contribution in [3.63, 3.8) is 0 Å². The van der Waals surface area contributed by atoms with Crippen molar-refractivity contribution in [2.45, 2.75) is 57.7 Å². The van der Waals surface area contributed by atoms with Gasteiger partial charge in [0.15, 0.2) is 5.96 Å². The Hall–Kier alpha value is -0.460. The molecule has 4 atom stereocenters. The largest absolute Gasteiger partial charge is 0.377 e. The molecular weight excluding hydrogens is 332 g/mol. The summed E-state index contributed by atoms with van der Waals surface area (Å²) in [6.07, 6.45) is 4.08. The molecule has 2 saturated heterocycles. The number of aliphatic imine (C=N–C) groups is 1. The summed E-state index contributed by atoms with van der Waals surface area (Å²) in [6, 6.07) is 0.448. The summed E-state index contributed by atoms with van der Waals surface area (Å²) < 4.78 is 6.04. The molecule has 0 amide bonds. The summed E-state index contributed by atoms with van der Waals surface area (Å²) in [5.41, 5.74) is 0.377. The van der Waals surface area contributed by atoms with Gasteiger partial charge < -0.3 is 20.3 Å². The van der Waals surface area contributed by atoms with E-state index >= 15 is 0 Å². The highest BCUT2D eigenvalue weighted by Gasteiger charge is 2.58. The molecule has 6 heteroatoms. The minimum Gasteiger partial charge on any atom is -0.377 e. The molecule has 2 heterocycles. The Morgan fingerprint density at radius 2 is 2.16 bits per heavy atom. The fourth-order valence-electron chi connectivity index (χ4n) is 4.72. The Labute approximate surface area is 157 Å². The van der Waals surface area contributed by atoms with Gasteiger partial charge >= 0.3 is 0 Å². The van der Waals surface area contributed by atoms with Crippen molar-refractivity contribution in [1.82, 2.24) is 15.5 Å². The van der Waals surface area contributed by atoms with Crippen molar-refractivity contribution in [3.05, 3.63) is 0 Å². The number of ether oxygens (including phenoxy) is 1. The second-order valence-corrected chi connectivity index (χ2v) is 9.76. The summed E-state index contributed by atoms with van der Waals surface area (Å²) in [5, 5.41) is 7.23. The molecule has 25 heavy (non-hydrogen) atoms. The Kier molecular flexibility index (Phi) is 5.91. The maximum absolute atomic E-state index is 6.04. The van der Waals surface area contributed by atoms with Gasteiger partial charge in [0.25, 0.3) is 0 Å². The molecular formula is C19H36N4OS. The van der Waals surface area contributed by atoms with Crippen molar-refractivity contribution in [1.29, 1.82) is 0 Å². The van der Waals surface area contributed by atoms with Crippen LogP contribution in [0.2, 0.25) is 0 Å². The maximum atomic E-state index is 6.04. The topological polar surface area (TPSA) is 48.9 Å². The predicted molar refractivity (Wildman–Crippen MR) is 108 cm³/mol. The van der Waals surface area contributed by atoms with E-state index in [-0.39, 0.29) is 11.0 Å². The normalized spacial score (nSPS) is 37.5. The Morgan fingerprint density at radius 3 is 2.80 bits per heavy atom. The van der Waals surface area contributed by atoms with E-state index in [9.17, 15) is 0 Å². The van der Waals surface area contributed by atoms with Crippen LogP contribution in [0, 0.1) is 11.3 Å². The van der Waals surface area contributed by atoms with Gasteiger partial charge in [-0.05, 0) is 46.0 Å². The molecule has 2 N–H and O–H groups in total. The van der Waals surface area contributed by atoms with Gasteiger partial charge in [-0.2, -0.15) is 11.8 Å². The Morgan fingerprint density at radius 1 is 1.36 bits per heavy atom. The number of nitrogens with zero attached hydrogens (tertiary/aromatic N) is 2. The molecule has 0 aromatic heterocycles. The summed E-state index contributed by atoms with van der Waals surface area (Å²) >= 11 is 2.05. The zero-order chi connectivity index (χ0) is 18.1. The van der Waals surface area contributed by atoms with Gasteiger partial charge in [-0.15, -0.1) is 0 Å². The Bertz CT molecular complexity index is 488. The first-order valence-corrected chi connectivity index (χ1v) is 11.0. The average molecular weight is 369 g/mol. The van der Waals surface area contributed by atoms with Crippen LogP contribution in [0.4, 0.5) is 0 Å². The van der Waals surface area contributed by atoms with Crippen LogP contribution in [0.1, 0.15) is 40.0 Å². The monoisotopic (exact) mass is 368 g/mol. The number of likely N-dealkylation sites (N-methyl/N-ethyl adjacent to an activating group) is 1. The van der Waals surface area contributed by atoms with Crippen molar-refractivity contribution >= 4 is 17.7 Å². The zero-order valence-corrected chi connectivity index (χ0v) is 17.4. The van der Waals surface area contributed by atoms with Crippen LogP contribution in [-0.2, 0) is 4.74 Å². The summed E-state index contributed by atoms with van der Waals surface area (Å²) in [5.74, 6) is 4.02. The number of rotatable bonds is 5. The fourth-order valence-corrected chi connectivity index (χ4v) is 6.27. The third kappa shape index (κ3) is 3.67. The third-order valence-electron chi connectivity index (χ3n) is 6.53. The molecule has 0 radical (unpaired) electrons.